The van der Waals surface area contributed by atoms with Crippen LogP contribution in [0.2, 0.25) is 0 Å². The van der Waals surface area contributed by atoms with E-state index in [-0.39, 0.29) is 11.9 Å². The van der Waals surface area contributed by atoms with Crippen molar-refractivity contribution in [3.8, 4) is 11.5 Å². The van der Waals surface area contributed by atoms with Gasteiger partial charge in [0.15, 0.2) is 11.9 Å². The van der Waals surface area contributed by atoms with Gasteiger partial charge < -0.3 is 14.2 Å². The minimum atomic E-state index is -0.415. The molecule has 0 bridgehead atoms. The lowest BCUT2D eigenvalue weighted by Gasteiger charge is -2.33. The molecule has 1 aliphatic rings. The first-order valence-corrected chi connectivity index (χ1v) is 5.69. The van der Waals surface area contributed by atoms with E-state index in [4.69, 9.17) is 14.2 Å². The van der Waals surface area contributed by atoms with Gasteiger partial charge >= 0.3 is 0 Å². The van der Waals surface area contributed by atoms with E-state index in [9.17, 15) is 4.79 Å². The summed E-state index contributed by atoms with van der Waals surface area (Å²) in [5.41, 5.74) is 0. The van der Waals surface area contributed by atoms with Gasteiger partial charge in [0.2, 0.25) is 0 Å². The Bertz CT molecular complexity index is 385. The Morgan fingerprint density at radius 1 is 1.24 bits per heavy atom. The molecular formula is C13H16O4. The zero-order chi connectivity index (χ0) is 12.3. The van der Waals surface area contributed by atoms with Gasteiger partial charge in [-0.2, -0.15) is 0 Å². The number of carbonyl (C=O) groups excluding carboxylic acids is 1. The third-order valence-electron chi connectivity index (χ3n) is 2.73. The summed E-state index contributed by atoms with van der Waals surface area (Å²) in [6, 6.07) is 7.36. The van der Waals surface area contributed by atoms with Crippen molar-refractivity contribution in [1.82, 2.24) is 0 Å². The molecule has 0 amide bonds. The van der Waals surface area contributed by atoms with E-state index in [1.807, 2.05) is 31.2 Å². The van der Waals surface area contributed by atoms with Gasteiger partial charge in [0.25, 0.3) is 0 Å². The largest absolute Gasteiger partial charge is 0.494 e. The van der Waals surface area contributed by atoms with Gasteiger partial charge in [0, 0.05) is 13.5 Å². The summed E-state index contributed by atoms with van der Waals surface area (Å²) in [6.07, 6.45) is -0.155. The number of rotatable bonds is 5. The lowest BCUT2D eigenvalue weighted by molar-refractivity contribution is -0.150. The normalized spacial score (nSPS) is 23.1. The molecule has 2 atom stereocenters. The number of Topliss-reactive ketones (excluding diaryl/α,β-unsaturated/α-hetero) is 1. The average Bonchev–Trinajstić information content (AvgIpc) is 2.31. The van der Waals surface area contributed by atoms with Crippen LogP contribution in [0.15, 0.2) is 24.3 Å². The van der Waals surface area contributed by atoms with E-state index in [1.54, 1.807) is 0 Å². The van der Waals surface area contributed by atoms with Crippen molar-refractivity contribution in [2.75, 3.05) is 13.7 Å². The maximum absolute atomic E-state index is 11.2. The zero-order valence-corrected chi connectivity index (χ0v) is 10.0. The predicted molar refractivity (Wildman–Crippen MR) is 62.4 cm³/mol. The maximum atomic E-state index is 11.2. The summed E-state index contributed by atoms with van der Waals surface area (Å²) in [5.74, 6) is 1.64. The van der Waals surface area contributed by atoms with E-state index >= 15 is 0 Å². The summed E-state index contributed by atoms with van der Waals surface area (Å²) in [4.78, 5) is 11.2. The smallest absolute Gasteiger partial charge is 0.169 e. The minimum absolute atomic E-state index is 0.100. The van der Waals surface area contributed by atoms with Crippen molar-refractivity contribution in [2.45, 2.75) is 25.6 Å². The summed E-state index contributed by atoms with van der Waals surface area (Å²) in [6.45, 7) is 2.58. The predicted octanol–water partition coefficient (Wildman–Crippen LogP) is 1.82. The molecule has 0 heterocycles. The van der Waals surface area contributed by atoms with Crippen LogP contribution in [-0.4, -0.2) is 31.7 Å². The molecule has 1 aromatic carbocycles. The van der Waals surface area contributed by atoms with E-state index < -0.39 is 6.10 Å². The van der Waals surface area contributed by atoms with Crippen LogP contribution in [0.4, 0.5) is 0 Å². The number of hydrogen-bond donors (Lipinski definition) is 0. The van der Waals surface area contributed by atoms with Crippen LogP contribution in [-0.2, 0) is 9.53 Å². The van der Waals surface area contributed by atoms with Gasteiger partial charge in [-0.05, 0) is 31.2 Å². The molecule has 0 saturated heterocycles. The number of benzene rings is 1. The first-order valence-electron chi connectivity index (χ1n) is 5.69. The van der Waals surface area contributed by atoms with Crippen LogP contribution < -0.4 is 9.47 Å². The molecule has 1 aliphatic carbocycles. The fraction of sp³-hybridized carbons (Fsp3) is 0.462. The van der Waals surface area contributed by atoms with Crippen LogP contribution in [0.5, 0.6) is 11.5 Å². The van der Waals surface area contributed by atoms with E-state index in [1.165, 1.54) is 7.11 Å². The molecule has 1 aromatic rings. The SMILES string of the molecule is CCOc1ccc(OC2CC(=O)C2OC)cc1. The highest BCUT2D eigenvalue weighted by Gasteiger charge is 2.41. The molecule has 4 heteroatoms. The van der Waals surface area contributed by atoms with Crippen LogP contribution >= 0.6 is 0 Å². The standard InChI is InChI=1S/C13H16O4/c1-3-16-9-4-6-10(7-5-9)17-12-8-11(14)13(12)15-2/h4-7,12-13H,3,8H2,1-2H3. The molecule has 4 nitrogen and oxygen atoms in total. The second kappa shape index (κ2) is 5.19. The molecule has 0 N–H and O–H groups in total. The van der Waals surface area contributed by atoms with Crippen LogP contribution in [0.1, 0.15) is 13.3 Å². The van der Waals surface area contributed by atoms with Crippen molar-refractivity contribution in [3.63, 3.8) is 0 Å². The topological polar surface area (TPSA) is 44.8 Å². The van der Waals surface area contributed by atoms with Crippen molar-refractivity contribution in [1.29, 1.82) is 0 Å². The Balaban J connectivity index is 1.93. The van der Waals surface area contributed by atoms with E-state index in [2.05, 4.69) is 0 Å². The first-order chi connectivity index (χ1) is 8.24. The van der Waals surface area contributed by atoms with Gasteiger partial charge in [-0.15, -0.1) is 0 Å². The molecular weight excluding hydrogens is 220 g/mol. The van der Waals surface area contributed by atoms with Crippen LogP contribution in [0, 0.1) is 0 Å². The number of hydrogen-bond acceptors (Lipinski definition) is 4. The average molecular weight is 236 g/mol. The second-order valence-corrected chi connectivity index (χ2v) is 3.89. The molecule has 17 heavy (non-hydrogen) atoms. The van der Waals surface area contributed by atoms with Gasteiger partial charge in [-0.25, -0.2) is 0 Å². The molecule has 1 fully saturated rings. The molecule has 2 rings (SSSR count). The Kier molecular flexibility index (Phi) is 3.64. The molecule has 92 valence electrons. The minimum Gasteiger partial charge on any atom is -0.494 e. The highest BCUT2D eigenvalue weighted by atomic mass is 16.5. The monoisotopic (exact) mass is 236 g/mol. The van der Waals surface area contributed by atoms with Crippen molar-refractivity contribution in [3.05, 3.63) is 24.3 Å². The number of carbonyl (C=O) groups is 1. The summed E-state index contributed by atoms with van der Waals surface area (Å²) in [5, 5.41) is 0. The molecule has 0 aliphatic heterocycles. The Morgan fingerprint density at radius 2 is 1.88 bits per heavy atom. The lowest BCUT2D eigenvalue weighted by Crippen LogP contribution is -2.51. The summed E-state index contributed by atoms with van der Waals surface area (Å²) >= 11 is 0. The van der Waals surface area contributed by atoms with Crippen LogP contribution in [0.25, 0.3) is 0 Å². The Labute approximate surface area is 100 Å². The van der Waals surface area contributed by atoms with Crippen molar-refractivity contribution >= 4 is 5.78 Å². The third-order valence-corrected chi connectivity index (χ3v) is 2.73. The van der Waals surface area contributed by atoms with Gasteiger partial charge in [-0.1, -0.05) is 0 Å². The molecule has 0 radical (unpaired) electrons. The number of ether oxygens (including phenoxy) is 3. The first kappa shape index (κ1) is 11.9. The fourth-order valence-corrected chi connectivity index (χ4v) is 1.81. The lowest BCUT2D eigenvalue weighted by atomic mass is 9.90. The molecule has 2 unspecified atom stereocenters. The number of ketones is 1. The molecule has 0 aromatic heterocycles. The fourth-order valence-electron chi connectivity index (χ4n) is 1.81. The molecule has 1 saturated carbocycles. The Hall–Kier alpha value is -1.55. The third kappa shape index (κ3) is 2.58. The highest BCUT2D eigenvalue weighted by Crippen LogP contribution is 2.26. The summed E-state index contributed by atoms with van der Waals surface area (Å²) < 4.78 is 16.0. The summed E-state index contributed by atoms with van der Waals surface area (Å²) in [7, 11) is 1.52. The van der Waals surface area contributed by atoms with E-state index in [0.717, 1.165) is 11.5 Å². The van der Waals surface area contributed by atoms with Gasteiger partial charge in [0.05, 0.1) is 6.61 Å². The van der Waals surface area contributed by atoms with Gasteiger partial charge in [0.1, 0.15) is 17.6 Å². The van der Waals surface area contributed by atoms with Crippen molar-refractivity contribution in [2.24, 2.45) is 0 Å². The zero-order valence-electron chi connectivity index (χ0n) is 10.0. The highest BCUT2D eigenvalue weighted by molar-refractivity contribution is 5.90. The Morgan fingerprint density at radius 3 is 2.41 bits per heavy atom. The van der Waals surface area contributed by atoms with Gasteiger partial charge in [-0.3, -0.25) is 4.79 Å². The van der Waals surface area contributed by atoms with Crippen LogP contribution in [0.3, 0.4) is 0 Å². The van der Waals surface area contributed by atoms with Crippen molar-refractivity contribution < 1.29 is 19.0 Å². The maximum Gasteiger partial charge on any atom is 0.169 e. The van der Waals surface area contributed by atoms with E-state index in [0.29, 0.717) is 13.0 Å². The molecule has 0 spiro atoms. The number of methoxy groups -OCH3 is 1. The quantitative estimate of drug-likeness (QED) is 0.782. The second-order valence-electron chi connectivity index (χ2n) is 3.89.